The summed E-state index contributed by atoms with van der Waals surface area (Å²) >= 11 is 0. The predicted octanol–water partition coefficient (Wildman–Crippen LogP) is 2.74. The average molecular weight is 444 g/mol. The van der Waals surface area contributed by atoms with Crippen molar-refractivity contribution in [1.29, 1.82) is 0 Å². The molecule has 0 fully saturated rings. The fourth-order valence-corrected chi connectivity index (χ4v) is 4.11. The summed E-state index contributed by atoms with van der Waals surface area (Å²) in [6.45, 7) is 3.07. The summed E-state index contributed by atoms with van der Waals surface area (Å²) in [7, 11) is 3.15. The molecule has 5 aromatic rings. The van der Waals surface area contributed by atoms with Crippen LogP contribution in [0.1, 0.15) is 18.9 Å². The number of ether oxygens (including phenoxy) is 1. The zero-order chi connectivity index (χ0) is 23.1. The zero-order valence-electron chi connectivity index (χ0n) is 18.7. The Bertz CT molecular complexity index is 1570. The molecule has 5 rings (SSSR count). The largest absolute Gasteiger partial charge is 0.489 e. The highest BCUT2D eigenvalue weighted by Gasteiger charge is 2.23. The fraction of sp³-hybridized carbons (Fsp3) is 0.250. The summed E-state index contributed by atoms with van der Waals surface area (Å²) in [5.74, 6) is 1.92. The van der Waals surface area contributed by atoms with E-state index in [4.69, 9.17) is 4.74 Å². The van der Waals surface area contributed by atoms with E-state index in [2.05, 4.69) is 10.2 Å². The number of benzene rings is 2. The highest BCUT2D eigenvalue weighted by molar-refractivity contribution is 5.79. The number of fused-ring (bicyclic) bond motifs is 3. The molecule has 0 amide bonds. The molecule has 0 saturated heterocycles. The van der Waals surface area contributed by atoms with Crippen molar-refractivity contribution in [2.24, 2.45) is 14.1 Å². The number of imidazole rings is 1. The van der Waals surface area contributed by atoms with E-state index in [0.717, 1.165) is 27.9 Å². The van der Waals surface area contributed by atoms with Crippen molar-refractivity contribution in [3.05, 3.63) is 81.0 Å². The average Bonchev–Trinajstić information content (AvgIpc) is 3.40. The highest BCUT2D eigenvalue weighted by atomic mass is 16.5. The van der Waals surface area contributed by atoms with E-state index in [1.165, 1.54) is 11.6 Å². The molecule has 0 N–H and O–H groups in total. The highest BCUT2D eigenvalue weighted by Crippen LogP contribution is 2.25. The Balaban J connectivity index is 1.61. The predicted molar refractivity (Wildman–Crippen MR) is 125 cm³/mol. The lowest BCUT2D eigenvalue weighted by Crippen LogP contribution is -2.37. The minimum atomic E-state index is -0.392. The van der Waals surface area contributed by atoms with Crippen LogP contribution in [-0.2, 0) is 27.2 Å². The molecule has 0 aliphatic rings. The molecule has 9 heteroatoms. The lowest BCUT2D eigenvalue weighted by molar-refractivity contribution is 0.306. The van der Waals surface area contributed by atoms with Gasteiger partial charge >= 0.3 is 5.69 Å². The molecule has 3 heterocycles. The van der Waals surface area contributed by atoms with Crippen LogP contribution in [0.15, 0.2) is 64.2 Å². The summed E-state index contributed by atoms with van der Waals surface area (Å²) in [5.41, 5.74) is 2.04. The van der Waals surface area contributed by atoms with Gasteiger partial charge in [-0.25, -0.2) is 9.20 Å². The van der Waals surface area contributed by atoms with Crippen molar-refractivity contribution in [2.75, 3.05) is 0 Å². The quantitative estimate of drug-likeness (QED) is 0.402. The number of aryl methyl sites for hydroxylation is 2. The van der Waals surface area contributed by atoms with Gasteiger partial charge in [0, 0.05) is 26.2 Å². The van der Waals surface area contributed by atoms with Crippen molar-refractivity contribution in [3.63, 3.8) is 0 Å². The Hall–Kier alpha value is -4.14. The topological polar surface area (TPSA) is 88.4 Å². The molecule has 3 aromatic heterocycles. The lowest BCUT2D eigenvalue weighted by atomic mass is 10.1. The number of nitrogens with zero attached hydrogens (tertiary/aromatic N) is 6. The van der Waals surface area contributed by atoms with Gasteiger partial charge in [-0.1, -0.05) is 49.4 Å². The first-order chi connectivity index (χ1) is 16.0. The maximum Gasteiger partial charge on any atom is 0.332 e. The molecule has 2 aromatic carbocycles. The van der Waals surface area contributed by atoms with Crippen molar-refractivity contribution in [2.45, 2.75) is 26.5 Å². The van der Waals surface area contributed by atoms with Gasteiger partial charge in [0.2, 0.25) is 5.78 Å². The monoisotopic (exact) mass is 444 g/mol. The van der Waals surface area contributed by atoms with Gasteiger partial charge in [-0.15, -0.1) is 10.2 Å². The van der Waals surface area contributed by atoms with Crippen molar-refractivity contribution >= 4 is 16.9 Å². The van der Waals surface area contributed by atoms with Crippen LogP contribution < -0.4 is 16.0 Å². The summed E-state index contributed by atoms with van der Waals surface area (Å²) in [5, 5.41) is 8.78. The molecular formula is C24H24N6O3. The third-order valence-electron chi connectivity index (χ3n) is 5.79. The van der Waals surface area contributed by atoms with E-state index in [-0.39, 0.29) is 5.56 Å². The number of hydrogen-bond donors (Lipinski definition) is 0. The van der Waals surface area contributed by atoms with Crippen LogP contribution in [-0.4, -0.2) is 28.3 Å². The van der Waals surface area contributed by atoms with Crippen molar-refractivity contribution in [1.82, 2.24) is 28.3 Å². The second-order valence-electron chi connectivity index (χ2n) is 7.99. The smallest absolute Gasteiger partial charge is 0.332 e. The number of aromatic nitrogens is 6. The Morgan fingerprint density at radius 3 is 2.33 bits per heavy atom. The van der Waals surface area contributed by atoms with E-state index in [1.54, 1.807) is 11.4 Å². The molecule has 0 aliphatic heterocycles. The minimum absolute atomic E-state index is 0.341. The molecule has 0 atom stereocenters. The van der Waals surface area contributed by atoms with E-state index >= 15 is 0 Å². The standard InChI is InChI=1S/C24H24N6O3/c1-4-14-29-19-21(27(2)24(32)28(3)22(19)31)30-20(25-26-23(29)30)17-12-10-16(11-13-17)15-33-18-8-6-5-7-9-18/h5-13H,4,14-15H2,1-3H3. The van der Waals surface area contributed by atoms with Gasteiger partial charge in [-0.3, -0.25) is 13.9 Å². The second kappa shape index (κ2) is 8.09. The molecule has 9 nitrogen and oxygen atoms in total. The molecule has 0 spiro atoms. The van der Waals surface area contributed by atoms with Crippen LogP contribution in [0.4, 0.5) is 0 Å². The first-order valence-electron chi connectivity index (χ1n) is 10.8. The summed E-state index contributed by atoms with van der Waals surface area (Å²) in [6, 6.07) is 17.5. The van der Waals surface area contributed by atoms with Gasteiger partial charge < -0.3 is 9.30 Å². The van der Waals surface area contributed by atoms with Crippen LogP contribution in [0.5, 0.6) is 5.75 Å². The molecule has 0 bridgehead atoms. The summed E-state index contributed by atoms with van der Waals surface area (Å²) in [6.07, 6.45) is 0.809. The zero-order valence-corrected chi connectivity index (χ0v) is 18.7. The van der Waals surface area contributed by atoms with Crippen molar-refractivity contribution in [3.8, 4) is 17.1 Å². The van der Waals surface area contributed by atoms with E-state index in [9.17, 15) is 9.59 Å². The molecule has 0 radical (unpaired) electrons. The van der Waals surface area contributed by atoms with Crippen LogP contribution in [0.2, 0.25) is 0 Å². The normalized spacial score (nSPS) is 11.5. The van der Waals surface area contributed by atoms with Gasteiger partial charge in [-0.2, -0.15) is 0 Å². The van der Waals surface area contributed by atoms with E-state index in [1.807, 2.05) is 66.1 Å². The van der Waals surface area contributed by atoms with Gasteiger partial charge in [-0.05, 0) is 24.1 Å². The van der Waals surface area contributed by atoms with E-state index < -0.39 is 5.69 Å². The van der Waals surface area contributed by atoms with Crippen molar-refractivity contribution < 1.29 is 4.74 Å². The van der Waals surface area contributed by atoms with Crippen LogP contribution in [0, 0.1) is 0 Å². The second-order valence-corrected chi connectivity index (χ2v) is 7.99. The number of hydrogen-bond acceptors (Lipinski definition) is 5. The maximum absolute atomic E-state index is 13.0. The Kier molecular flexibility index (Phi) is 5.08. The third kappa shape index (κ3) is 3.32. The molecule has 0 aliphatic carbocycles. The number of rotatable bonds is 6. The maximum atomic E-state index is 13.0. The van der Waals surface area contributed by atoms with Gasteiger partial charge in [0.15, 0.2) is 17.0 Å². The Morgan fingerprint density at radius 2 is 1.64 bits per heavy atom. The summed E-state index contributed by atoms with van der Waals surface area (Å²) in [4.78, 5) is 25.7. The van der Waals surface area contributed by atoms with Gasteiger partial charge in [0.1, 0.15) is 12.4 Å². The van der Waals surface area contributed by atoms with E-state index in [0.29, 0.717) is 35.9 Å². The van der Waals surface area contributed by atoms with Crippen LogP contribution >= 0.6 is 0 Å². The number of para-hydroxylation sites is 1. The lowest BCUT2D eigenvalue weighted by Gasteiger charge is -2.08. The first kappa shape index (κ1) is 20.7. The summed E-state index contributed by atoms with van der Waals surface area (Å²) < 4.78 is 12.1. The van der Waals surface area contributed by atoms with Gasteiger partial charge in [0.05, 0.1) is 0 Å². The molecule has 168 valence electrons. The molecule has 0 saturated carbocycles. The first-order valence-corrected chi connectivity index (χ1v) is 10.8. The molecular weight excluding hydrogens is 420 g/mol. The molecule has 0 unspecified atom stereocenters. The SMILES string of the molecule is CCCn1c2c(=O)n(C)c(=O)n(C)c2n2c(-c3ccc(COc4ccccc4)cc3)nnc12. The Morgan fingerprint density at radius 1 is 0.909 bits per heavy atom. The molecule has 33 heavy (non-hydrogen) atoms. The van der Waals surface area contributed by atoms with Crippen LogP contribution in [0.3, 0.4) is 0 Å². The Labute approximate surface area is 189 Å². The van der Waals surface area contributed by atoms with Crippen LogP contribution in [0.25, 0.3) is 28.3 Å². The minimum Gasteiger partial charge on any atom is -0.489 e. The third-order valence-corrected chi connectivity index (χ3v) is 5.79. The fourth-order valence-electron chi connectivity index (χ4n) is 4.11. The van der Waals surface area contributed by atoms with Gasteiger partial charge in [0.25, 0.3) is 5.56 Å².